The molecule has 2 atom stereocenters. The van der Waals surface area contributed by atoms with E-state index in [2.05, 4.69) is 19.1 Å². The molecule has 2 heterocycles. The molecule has 4 rings (SSSR count). The molecule has 0 aromatic heterocycles. The van der Waals surface area contributed by atoms with Crippen molar-refractivity contribution in [1.82, 2.24) is 0 Å². The Bertz CT molecular complexity index is 1000. The number of aliphatic imine (C=N–C) groups is 1. The summed E-state index contributed by atoms with van der Waals surface area (Å²) >= 11 is 14.0. The van der Waals surface area contributed by atoms with Crippen LogP contribution in [0.1, 0.15) is 11.1 Å². The minimum Gasteiger partial charge on any atom is -0.315 e. The summed E-state index contributed by atoms with van der Waals surface area (Å²) < 4.78 is 24.3. The lowest BCUT2D eigenvalue weighted by atomic mass is 10.1. The molecular weight excluding hydrogens is 423 g/mol. The predicted octanol–water partition coefficient (Wildman–Crippen LogP) is 4.58. The summed E-state index contributed by atoms with van der Waals surface area (Å²) in [6.45, 7) is 2.09. The number of rotatable bonds is 3. The van der Waals surface area contributed by atoms with Crippen molar-refractivity contribution < 1.29 is 8.42 Å². The Kier molecular flexibility index (Phi) is 5.18. The van der Waals surface area contributed by atoms with Crippen molar-refractivity contribution in [2.24, 2.45) is 4.99 Å². The van der Waals surface area contributed by atoms with Crippen molar-refractivity contribution in [3.8, 4) is 0 Å². The second-order valence-corrected chi connectivity index (χ2v) is 10.8. The number of benzene rings is 2. The van der Waals surface area contributed by atoms with Gasteiger partial charge in [-0.15, -0.1) is 0 Å². The van der Waals surface area contributed by atoms with Crippen LogP contribution in [-0.4, -0.2) is 37.2 Å². The van der Waals surface area contributed by atoms with E-state index in [0.29, 0.717) is 10.0 Å². The topological polar surface area (TPSA) is 49.7 Å². The third kappa shape index (κ3) is 3.99. The van der Waals surface area contributed by atoms with Crippen LogP contribution in [0.4, 0.5) is 5.69 Å². The number of hydrogen-bond donors (Lipinski definition) is 0. The van der Waals surface area contributed by atoms with Gasteiger partial charge in [0.2, 0.25) is 0 Å². The lowest BCUT2D eigenvalue weighted by molar-refractivity contribution is 0.601. The van der Waals surface area contributed by atoms with E-state index in [9.17, 15) is 8.42 Å². The van der Waals surface area contributed by atoms with Crippen molar-refractivity contribution in [3.05, 3.63) is 63.6 Å². The third-order valence-corrected chi connectivity index (χ3v) is 8.00. The molecule has 0 unspecified atom stereocenters. The molecule has 2 aromatic carbocycles. The van der Waals surface area contributed by atoms with Crippen molar-refractivity contribution >= 4 is 55.7 Å². The number of nitrogens with zero attached hydrogens (tertiary/aromatic N) is 2. The summed E-state index contributed by atoms with van der Waals surface area (Å²) in [6, 6.07) is 13.1. The van der Waals surface area contributed by atoms with Crippen LogP contribution >= 0.6 is 35.0 Å². The standard InChI is InChI=1S/C19H18Cl2N2O2S2/c1-12-4-2-3-5-13(12)9-26-19-22-17-10-27(24,25)11-18(17)23(19)16-7-14(20)6-15(21)8-16/h2-8,17-18H,9-11H2,1H3/t17-,18-/m0/s1. The molecule has 0 radical (unpaired) electrons. The van der Waals surface area contributed by atoms with Gasteiger partial charge < -0.3 is 4.90 Å². The Morgan fingerprint density at radius 2 is 1.85 bits per heavy atom. The Morgan fingerprint density at radius 1 is 1.15 bits per heavy atom. The largest absolute Gasteiger partial charge is 0.315 e. The summed E-state index contributed by atoms with van der Waals surface area (Å²) in [5.74, 6) is 0.957. The number of sulfone groups is 1. The summed E-state index contributed by atoms with van der Waals surface area (Å²) in [5.41, 5.74) is 3.25. The monoisotopic (exact) mass is 440 g/mol. The van der Waals surface area contributed by atoms with Crippen molar-refractivity contribution in [3.63, 3.8) is 0 Å². The molecule has 1 saturated heterocycles. The smallest absolute Gasteiger partial charge is 0.164 e. The number of amidine groups is 1. The van der Waals surface area contributed by atoms with E-state index < -0.39 is 9.84 Å². The molecule has 8 heteroatoms. The number of hydrogen-bond acceptors (Lipinski definition) is 5. The third-order valence-electron chi connectivity index (χ3n) is 4.85. The maximum atomic E-state index is 12.1. The SMILES string of the molecule is Cc1ccccc1CSC1=N[C@H]2CS(=O)(=O)C[C@@H]2N1c1cc(Cl)cc(Cl)c1. The van der Waals surface area contributed by atoms with Gasteiger partial charge in [0, 0.05) is 21.5 Å². The number of fused-ring (bicyclic) bond motifs is 1. The van der Waals surface area contributed by atoms with Gasteiger partial charge in [-0.1, -0.05) is 59.2 Å². The van der Waals surface area contributed by atoms with Crippen LogP contribution in [0.15, 0.2) is 47.5 Å². The van der Waals surface area contributed by atoms with Gasteiger partial charge in [0.05, 0.1) is 23.6 Å². The second-order valence-electron chi connectivity index (χ2n) is 6.84. The quantitative estimate of drug-likeness (QED) is 0.700. The second kappa shape index (κ2) is 7.32. The Morgan fingerprint density at radius 3 is 2.56 bits per heavy atom. The lowest BCUT2D eigenvalue weighted by Crippen LogP contribution is -2.39. The van der Waals surface area contributed by atoms with E-state index in [1.165, 1.54) is 11.1 Å². The van der Waals surface area contributed by atoms with Gasteiger partial charge in [0.25, 0.3) is 0 Å². The highest BCUT2D eigenvalue weighted by molar-refractivity contribution is 8.13. The fraction of sp³-hybridized carbons (Fsp3) is 0.316. The molecule has 0 N–H and O–H groups in total. The van der Waals surface area contributed by atoms with Gasteiger partial charge in [-0.3, -0.25) is 4.99 Å². The predicted molar refractivity (Wildman–Crippen MR) is 115 cm³/mol. The van der Waals surface area contributed by atoms with E-state index >= 15 is 0 Å². The maximum absolute atomic E-state index is 12.1. The minimum absolute atomic E-state index is 0.0941. The number of thioether (sulfide) groups is 1. The molecular formula is C19H18Cl2N2O2S2. The molecule has 142 valence electrons. The molecule has 2 aliphatic heterocycles. The highest BCUT2D eigenvalue weighted by Crippen LogP contribution is 2.38. The van der Waals surface area contributed by atoms with Crippen molar-refractivity contribution in [1.29, 1.82) is 0 Å². The summed E-state index contributed by atoms with van der Waals surface area (Å²) in [6.07, 6.45) is 0. The van der Waals surface area contributed by atoms with Crippen LogP contribution in [0.5, 0.6) is 0 Å². The summed E-state index contributed by atoms with van der Waals surface area (Å²) in [7, 11) is -3.09. The number of anilines is 1. The first-order valence-corrected chi connectivity index (χ1v) is 12.1. The van der Waals surface area contributed by atoms with Crippen LogP contribution in [0.3, 0.4) is 0 Å². The minimum atomic E-state index is -3.09. The van der Waals surface area contributed by atoms with E-state index in [4.69, 9.17) is 28.2 Å². The Labute approximate surface area is 173 Å². The van der Waals surface area contributed by atoms with Crippen LogP contribution in [-0.2, 0) is 15.6 Å². The first-order chi connectivity index (χ1) is 12.8. The number of halogens is 2. The molecule has 4 nitrogen and oxygen atoms in total. The zero-order valence-electron chi connectivity index (χ0n) is 14.6. The van der Waals surface area contributed by atoms with Crippen LogP contribution in [0, 0.1) is 6.92 Å². The normalized spacial score (nSPS) is 23.4. The maximum Gasteiger partial charge on any atom is 0.164 e. The molecule has 2 aliphatic rings. The van der Waals surface area contributed by atoms with Gasteiger partial charge in [-0.25, -0.2) is 8.42 Å². The van der Waals surface area contributed by atoms with E-state index in [1.807, 2.05) is 29.2 Å². The molecule has 1 fully saturated rings. The highest BCUT2D eigenvalue weighted by Gasteiger charge is 2.47. The van der Waals surface area contributed by atoms with Crippen molar-refractivity contribution in [2.75, 3.05) is 16.4 Å². The zero-order valence-corrected chi connectivity index (χ0v) is 17.7. The first-order valence-electron chi connectivity index (χ1n) is 8.53. The van der Waals surface area contributed by atoms with Gasteiger partial charge in [0.1, 0.15) is 0 Å². The average molecular weight is 441 g/mol. The van der Waals surface area contributed by atoms with E-state index in [1.54, 1.807) is 17.8 Å². The summed E-state index contributed by atoms with van der Waals surface area (Å²) in [5, 5.41) is 1.86. The van der Waals surface area contributed by atoms with Gasteiger partial charge in [0.15, 0.2) is 15.0 Å². The van der Waals surface area contributed by atoms with E-state index in [0.717, 1.165) is 16.6 Å². The Balaban J connectivity index is 1.66. The first kappa shape index (κ1) is 19.1. The van der Waals surface area contributed by atoms with Gasteiger partial charge in [-0.05, 0) is 36.2 Å². The molecule has 27 heavy (non-hydrogen) atoms. The van der Waals surface area contributed by atoms with Crippen molar-refractivity contribution in [2.45, 2.75) is 24.8 Å². The van der Waals surface area contributed by atoms with Crippen LogP contribution in [0.2, 0.25) is 10.0 Å². The number of aryl methyl sites for hydroxylation is 1. The molecule has 0 saturated carbocycles. The fourth-order valence-electron chi connectivity index (χ4n) is 3.53. The highest BCUT2D eigenvalue weighted by atomic mass is 35.5. The molecule has 0 spiro atoms. The van der Waals surface area contributed by atoms with E-state index in [-0.39, 0.29) is 23.6 Å². The van der Waals surface area contributed by atoms with Crippen LogP contribution < -0.4 is 4.90 Å². The average Bonchev–Trinajstić information content (AvgIpc) is 3.04. The van der Waals surface area contributed by atoms with Gasteiger partial charge >= 0.3 is 0 Å². The Hall–Kier alpha value is -1.21. The molecule has 0 aliphatic carbocycles. The van der Waals surface area contributed by atoms with Crippen LogP contribution in [0.25, 0.3) is 0 Å². The fourth-order valence-corrected chi connectivity index (χ4v) is 7.09. The molecule has 2 aromatic rings. The van der Waals surface area contributed by atoms with Gasteiger partial charge in [-0.2, -0.15) is 0 Å². The lowest BCUT2D eigenvalue weighted by Gasteiger charge is -2.27. The summed E-state index contributed by atoms with van der Waals surface area (Å²) in [4.78, 5) is 6.74. The molecule has 0 amide bonds. The molecule has 0 bridgehead atoms. The zero-order chi connectivity index (χ0) is 19.2.